The van der Waals surface area contributed by atoms with Crippen LogP contribution in [-0.2, 0) is 13.6 Å². The van der Waals surface area contributed by atoms with E-state index in [0.717, 1.165) is 22.9 Å². The first-order valence-corrected chi connectivity index (χ1v) is 5.53. The van der Waals surface area contributed by atoms with Crippen LogP contribution in [0.5, 0.6) is 11.5 Å². The highest BCUT2D eigenvalue weighted by molar-refractivity contribution is 5.53. The van der Waals surface area contributed by atoms with Crippen LogP contribution in [0.4, 0.5) is 5.69 Å². The molecule has 1 N–H and O–H groups in total. The number of hydrogen-bond acceptors (Lipinski definition) is 5. The molecule has 6 nitrogen and oxygen atoms in total. The van der Waals surface area contributed by atoms with Gasteiger partial charge in [0.2, 0.25) is 0 Å². The van der Waals surface area contributed by atoms with Crippen molar-refractivity contribution < 1.29 is 9.47 Å². The second-order valence-corrected chi connectivity index (χ2v) is 3.84. The van der Waals surface area contributed by atoms with Crippen molar-refractivity contribution in [2.24, 2.45) is 7.05 Å². The zero-order chi connectivity index (χ0) is 13.0. The molecule has 18 heavy (non-hydrogen) atoms. The molecule has 0 fully saturated rings. The SMILES string of the molecule is COc1cc(NCc2cn(C)nn2)cc(OC)c1. The van der Waals surface area contributed by atoms with E-state index in [0.29, 0.717) is 6.54 Å². The third-order valence-electron chi connectivity index (χ3n) is 2.48. The summed E-state index contributed by atoms with van der Waals surface area (Å²) >= 11 is 0. The molecule has 0 amide bonds. The lowest BCUT2D eigenvalue weighted by molar-refractivity contribution is 0.394. The Morgan fingerprint density at radius 3 is 2.33 bits per heavy atom. The lowest BCUT2D eigenvalue weighted by Crippen LogP contribution is -2.00. The molecule has 0 bridgehead atoms. The summed E-state index contributed by atoms with van der Waals surface area (Å²) in [5.74, 6) is 1.49. The molecule has 0 aliphatic carbocycles. The number of methoxy groups -OCH3 is 2. The zero-order valence-corrected chi connectivity index (χ0v) is 10.7. The van der Waals surface area contributed by atoms with E-state index in [9.17, 15) is 0 Å². The van der Waals surface area contributed by atoms with Gasteiger partial charge in [-0.05, 0) is 0 Å². The Hall–Kier alpha value is -2.24. The normalized spacial score (nSPS) is 10.2. The molecule has 2 aromatic rings. The van der Waals surface area contributed by atoms with Crippen molar-refractivity contribution in [3.05, 3.63) is 30.1 Å². The van der Waals surface area contributed by atoms with Crippen LogP contribution in [0.3, 0.4) is 0 Å². The number of anilines is 1. The minimum Gasteiger partial charge on any atom is -0.497 e. The van der Waals surface area contributed by atoms with Crippen LogP contribution >= 0.6 is 0 Å². The van der Waals surface area contributed by atoms with Gasteiger partial charge in [0.25, 0.3) is 0 Å². The number of nitrogens with one attached hydrogen (secondary N) is 1. The maximum absolute atomic E-state index is 5.20. The number of nitrogens with zero attached hydrogens (tertiary/aromatic N) is 3. The predicted molar refractivity (Wildman–Crippen MR) is 67.9 cm³/mol. The van der Waals surface area contributed by atoms with Gasteiger partial charge in [-0.15, -0.1) is 5.10 Å². The van der Waals surface area contributed by atoms with E-state index in [4.69, 9.17) is 9.47 Å². The average Bonchev–Trinajstić information content (AvgIpc) is 2.81. The number of ether oxygens (including phenoxy) is 2. The summed E-state index contributed by atoms with van der Waals surface area (Å²) in [5.41, 5.74) is 1.79. The van der Waals surface area contributed by atoms with Crippen molar-refractivity contribution >= 4 is 5.69 Å². The van der Waals surface area contributed by atoms with Crippen molar-refractivity contribution in [2.45, 2.75) is 6.54 Å². The van der Waals surface area contributed by atoms with Gasteiger partial charge in [-0.2, -0.15) is 0 Å². The van der Waals surface area contributed by atoms with Gasteiger partial charge >= 0.3 is 0 Å². The summed E-state index contributed by atoms with van der Waals surface area (Å²) < 4.78 is 12.1. The molecule has 0 radical (unpaired) electrons. The van der Waals surface area contributed by atoms with Crippen molar-refractivity contribution in [3.8, 4) is 11.5 Å². The standard InChI is InChI=1S/C12H16N4O2/c1-16-8-10(14-15-16)7-13-9-4-11(17-2)6-12(5-9)18-3/h4-6,8,13H,7H2,1-3H3. The molecule has 96 valence electrons. The van der Waals surface area contributed by atoms with E-state index in [1.54, 1.807) is 18.9 Å². The van der Waals surface area contributed by atoms with E-state index in [1.807, 2.05) is 31.4 Å². The molecule has 6 heteroatoms. The number of benzene rings is 1. The Morgan fingerprint density at radius 1 is 1.17 bits per heavy atom. The Kier molecular flexibility index (Phi) is 3.66. The fraction of sp³-hybridized carbons (Fsp3) is 0.333. The van der Waals surface area contributed by atoms with Crippen LogP contribution in [0.25, 0.3) is 0 Å². The minimum absolute atomic E-state index is 0.601. The first-order valence-electron chi connectivity index (χ1n) is 5.53. The molecule has 0 unspecified atom stereocenters. The summed E-state index contributed by atoms with van der Waals surface area (Å²) in [6, 6.07) is 5.63. The van der Waals surface area contributed by atoms with Gasteiger partial charge in [-0.1, -0.05) is 5.21 Å². The van der Waals surface area contributed by atoms with Crippen LogP contribution in [0.15, 0.2) is 24.4 Å². The van der Waals surface area contributed by atoms with Crippen LogP contribution in [0, 0.1) is 0 Å². The Morgan fingerprint density at radius 2 is 1.83 bits per heavy atom. The second kappa shape index (κ2) is 5.39. The summed E-state index contributed by atoms with van der Waals surface area (Å²) in [5, 5.41) is 11.1. The Balaban J connectivity index is 2.08. The average molecular weight is 248 g/mol. The lowest BCUT2D eigenvalue weighted by atomic mass is 10.2. The molecular weight excluding hydrogens is 232 g/mol. The molecular formula is C12H16N4O2. The molecule has 1 aromatic heterocycles. The van der Waals surface area contributed by atoms with Crippen molar-refractivity contribution in [1.82, 2.24) is 15.0 Å². The number of rotatable bonds is 5. The first kappa shape index (κ1) is 12.2. The molecule has 2 rings (SSSR count). The van der Waals surface area contributed by atoms with Gasteiger partial charge in [0.05, 0.1) is 20.8 Å². The highest BCUT2D eigenvalue weighted by Crippen LogP contribution is 2.25. The minimum atomic E-state index is 0.601. The van der Waals surface area contributed by atoms with Crippen LogP contribution in [0.2, 0.25) is 0 Å². The monoisotopic (exact) mass is 248 g/mol. The van der Waals surface area contributed by atoms with Gasteiger partial charge < -0.3 is 14.8 Å². The van der Waals surface area contributed by atoms with Gasteiger partial charge in [-0.25, -0.2) is 0 Å². The van der Waals surface area contributed by atoms with E-state index < -0.39 is 0 Å². The molecule has 0 atom stereocenters. The predicted octanol–water partition coefficient (Wildman–Crippen LogP) is 1.44. The summed E-state index contributed by atoms with van der Waals surface area (Å²) in [6.45, 7) is 0.601. The summed E-state index contributed by atoms with van der Waals surface area (Å²) in [6.07, 6.45) is 1.87. The zero-order valence-electron chi connectivity index (χ0n) is 10.7. The molecule has 1 heterocycles. The number of aromatic nitrogens is 3. The second-order valence-electron chi connectivity index (χ2n) is 3.84. The van der Waals surface area contributed by atoms with E-state index in [2.05, 4.69) is 15.6 Å². The van der Waals surface area contributed by atoms with Crippen molar-refractivity contribution in [1.29, 1.82) is 0 Å². The Bertz CT molecular complexity index is 502. The fourth-order valence-electron chi connectivity index (χ4n) is 1.58. The first-order chi connectivity index (χ1) is 8.71. The molecule has 1 aromatic carbocycles. The Labute approximate surface area is 106 Å². The quantitative estimate of drug-likeness (QED) is 0.867. The smallest absolute Gasteiger partial charge is 0.124 e. The molecule has 0 saturated heterocycles. The van der Waals surface area contributed by atoms with Gasteiger partial charge in [-0.3, -0.25) is 4.68 Å². The maximum atomic E-state index is 5.20. The van der Waals surface area contributed by atoms with Crippen molar-refractivity contribution in [3.63, 3.8) is 0 Å². The summed E-state index contributed by atoms with van der Waals surface area (Å²) in [4.78, 5) is 0. The van der Waals surface area contributed by atoms with Crippen LogP contribution in [0.1, 0.15) is 5.69 Å². The van der Waals surface area contributed by atoms with E-state index in [-0.39, 0.29) is 0 Å². The van der Waals surface area contributed by atoms with Crippen molar-refractivity contribution in [2.75, 3.05) is 19.5 Å². The fourth-order valence-corrected chi connectivity index (χ4v) is 1.58. The van der Waals surface area contributed by atoms with Crippen LogP contribution in [-0.4, -0.2) is 29.2 Å². The maximum Gasteiger partial charge on any atom is 0.124 e. The molecule has 0 aliphatic rings. The third-order valence-corrected chi connectivity index (χ3v) is 2.48. The van der Waals surface area contributed by atoms with Crippen LogP contribution < -0.4 is 14.8 Å². The molecule has 0 saturated carbocycles. The van der Waals surface area contributed by atoms with E-state index >= 15 is 0 Å². The largest absolute Gasteiger partial charge is 0.497 e. The third kappa shape index (κ3) is 2.91. The van der Waals surface area contributed by atoms with Gasteiger partial charge in [0.15, 0.2) is 0 Å². The highest BCUT2D eigenvalue weighted by atomic mass is 16.5. The van der Waals surface area contributed by atoms with E-state index in [1.165, 1.54) is 0 Å². The molecule has 0 aliphatic heterocycles. The van der Waals surface area contributed by atoms with Gasteiger partial charge in [0.1, 0.15) is 17.2 Å². The highest BCUT2D eigenvalue weighted by Gasteiger charge is 2.03. The van der Waals surface area contributed by atoms with Gasteiger partial charge in [0, 0.05) is 37.1 Å². The lowest BCUT2D eigenvalue weighted by Gasteiger charge is -2.09. The topological polar surface area (TPSA) is 61.2 Å². The number of aryl methyl sites for hydroxylation is 1. The number of hydrogen-bond donors (Lipinski definition) is 1. The molecule has 0 spiro atoms. The summed E-state index contributed by atoms with van der Waals surface area (Å²) in [7, 11) is 5.09.